The Kier molecular flexibility index (Phi) is 9.92. The molecule has 1 aliphatic heterocycles. The third kappa shape index (κ3) is 7.60. The normalized spacial score (nSPS) is 23.8. The molecule has 1 aromatic rings. The molecule has 0 aromatic carbocycles. The summed E-state index contributed by atoms with van der Waals surface area (Å²) in [4.78, 5) is 50.9. The summed E-state index contributed by atoms with van der Waals surface area (Å²) in [6.07, 6.45) is -5.25. The Morgan fingerprint density at radius 3 is 2.06 bits per heavy atom. The van der Waals surface area contributed by atoms with Gasteiger partial charge in [-0.1, -0.05) is 0 Å². The lowest BCUT2D eigenvalue weighted by Crippen LogP contribution is -2.62. The van der Waals surface area contributed by atoms with Crippen LogP contribution in [0.1, 0.15) is 44.5 Å². The summed E-state index contributed by atoms with van der Waals surface area (Å²) >= 11 is 0. The molecular weight excluding hydrogens is 470 g/mol. The first-order valence-electron chi connectivity index (χ1n) is 10.6. The maximum atomic E-state index is 11.9. The van der Waals surface area contributed by atoms with Crippen molar-refractivity contribution in [3.8, 4) is 5.75 Å². The first-order valence-corrected chi connectivity index (χ1v) is 10.6. The summed E-state index contributed by atoms with van der Waals surface area (Å²) in [7, 11) is 0. The molecule has 5 atom stereocenters. The predicted molar refractivity (Wildman–Crippen MR) is 113 cm³/mol. The summed E-state index contributed by atoms with van der Waals surface area (Å²) in [5.41, 5.74) is 0.775. The zero-order valence-corrected chi connectivity index (χ0v) is 20.0. The van der Waals surface area contributed by atoms with Crippen molar-refractivity contribution in [1.29, 1.82) is 0 Å². The molecular formula is C22H29NO12. The van der Waals surface area contributed by atoms with E-state index in [-0.39, 0.29) is 17.9 Å². The van der Waals surface area contributed by atoms with E-state index in [9.17, 15) is 29.4 Å². The first-order chi connectivity index (χ1) is 16.4. The van der Waals surface area contributed by atoms with E-state index in [1.54, 1.807) is 6.92 Å². The SMILES string of the molecule is CC(=O)OC[C@H]1O[C@@H](OCc2cnc(C)c(O)c2CO)[C@H](OC(C)=O)[C@@H](OC(C)=O)[C@@H]1OC(C)=O. The number of ether oxygens (including phenoxy) is 6. The van der Waals surface area contributed by atoms with E-state index in [1.807, 2.05) is 0 Å². The lowest BCUT2D eigenvalue weighted by atomic mass is 9.98. The van der Waals surface area contributed by atoms with E-state index < -0.39 is 67.8 Å². The Morgan fingerprint density at radius 1 is 0.943 bits per heavy atom. The van der Waals surface area contributed by atoms with Crippen molar-refractivity contribution < 1.29 is 57.8 Å². The summed E-state index contributed by atoms with van der Waals surface area (Å²) in [5, 5.41) is 19.8. The minimum atomic E-state index is -1.40. The number of esters is 4. The van der Waals surface area contributed by atoms with Crippen LogP contribution in [0.25, 0.3) is 0 Å². The van der Waals surface area contributed by atoms with Crippen molar-refractivity contribution in [3.63, 3.8) is 0 Å². The Bertz CT molecular complexity index is 949. The van der Waals surface area contributed by atoms with Gasteiger partial charge in [-0.05, 0) is 6.92 Å². The van der Waals surface area contributed by atoms with Crippen LogP contribution in [-0.2, 0) is 60.8 Å². The van der Waals surface area contributed by atoms with Gasteiger partial charge < -0.3 is 38.6 Å². The Labute approximate surface area is 201 Å². The minimum Gasteiger partial charge on any atom is -0.506 e. The van der Waals surface area contributed by atoms with Crippen molar-refractivity contribution >= 4 is 23.9 Å². The number of carbonyl (C=O) groups excluding carboxylic acids is 4. The average molecular weight is 499 g/mol. The zero-order chi connectivity index (χ0) is 26.3. The zero-order valence-electron chi connectivity index (χ0n) is 20.0. The number of hydrogen-bond donors (Lipinski definition) is 2. The fourth-order valence-electron chi connectivity index (χ4n) is 3.48. The molecule has 1 aromatic heterocycles. The predicted octanol–water partition coefficient (Wildman–Crippen LogP) is 0.188. The molecule has 0 spiro atoms. The van der Waals surface area contributed by atoms with Crippen LogP contribution in [0.5, 0.6) is 5.75 Å². The summed E-state index contributed by atoms with van der Waals surface area (Å²) in [5.74, 6) is -3.15. The Balaban J connectivity index is 2.43. The molecule has 0 aliphatic carbocycles. The van der Waals surface area contributed by atoms with E-state index in [0.29, 0.717) is 11.3 Å². The van der Waals surface area contributed by atoms with Crippen LogP contribution in [0.15, 0.2) is 6.20 Å². The van der Waals surface area contributed by atoms with Gasteiger partial charge in [0, 0.05) is 45.0 Å². The van der Waals surface area contributed by atoms with Gasteiger partial charge in [0.05, 0.1) is 18.9 Å². The molecule has 13 heteroatoms. The summed E-state index contributed by atoms with van der Waals surface area (Å²) in [6, 6.07) is 0. The Hall–Kier alpha value is -3.29. The molecule has 1 saturated heterocycles. The van der Waals surface area contributed by atoms with Crippen LogP contribution in [-0.4, -0.2) is 76.4 Å². The number of nitrogens with zero attached hydrogens (tertiary/aromatic N) is 1. The second-order valence-corrected chi connectivity index (χ2v) is 7.73. The Morgan fingerprint density at radius 2 is 1.51 bits per heavy atom. The van der Waals surface area contributed by atoms with Gasteiger partial charge in [-0.25, -0.2) is 0 Å². The molecule has 1 fully saturated rings. The molecule has 2 heterocycles. The number of aliphatic hydroxyl groups excluding tert-OH is 1. The largest absolute Gasteiger partial charge is 0.506 e. The van der Waals surface area contributed by atoms with E-state index >= 15 is 0 Å². The topological polar surface area (TPSA) is 177 Å². The van der Waals surface area contributed by atoms with Crippen molar-refractivity contribution in [2.45, 2.75) is 78.5 Å². The van der Waals surface area contributed by atoms with E-state index in [2.05, 4.69) is 4.98 Å². The second kappa shape index (κ2) is 12.4. The van der Waals surface area contributed by atoms with E-state index in [4.69, 9.17) is 28.4 Å². The van der Waals surface area contributed by atoms with Gasteiger partial charge in [0.25, 0.3) is 0 Å². The van der Waals surface area contributed by atoms with Crippen molar-refractivity contribution in [2.75, 3.05) is 6.61 Å². The number of aliphatic hydroxyl groups is 1. The third-order valence-corrected chi connectivity index (χ3v) is 4.94. The lowest BCUT2D eigenvalue weighted by molar-refractivity contribution is -0.310. The van der Waals surface area contributed by atoms with Crippen LogP contribution in [0.3, 0.4) is 0 Å². The number of aromatic hydroxyl groups is 1. The van der Waals surface area contributed by atoms with Crippen molar-refractivity contribution in [3.05, 3.63) is 23.0 Å². The molecule has 0 bridgehead atoms. The lowest BCUT2D eigenvalue weighted by Gasteiger charge is -2.44. The molecule has 194 valence electrons. The number of hydrogen-bond acceptors (Lipinski definition) is 13. The number of rotatable bonds is 9. The monoisotopic (exact) mass is 499 g/mol. The van der Waals surface area contributed by atoms with Gasteiger partial charge >= 0.3 is 23.9 Å². The molecule has 0 unspecified atom stereocenters. The van der Waals surface area contributed by atoms with Crippen LogP contribution >= 0.6 is 0 Å². The van der Waals surface area contributed by atoms with Gasteiger partial charge in [0.2, 0.25) is 0 Å². The van der Waals surface area contributed by atoms with Crippen LogP contribution < -0.4 is 0 Å². The van der Waals surface area contributed by atoms with Gasteiger partial charge in [-0.2, -0.15) is 0 Å². The highest BCUT2D eigenvalue weighted by Gasteiger charge is 2.52. The molecule has 2 N–H and O–H groups in total. The second-order valence-electron chi connectivity index (χ2n) is 7.73. The number of pyridine rings is 1. The highest BCUT2D eigenvalue weighted by Crippen LogP contribution is 2.31. The summed E-state index contributed by atoms with van der Waals surface area (Å²) in [6.45, 7) is 4.87. The molecule has 0 radical (unpaired) electrons. The van der Waals surface area contributed by atoms with Gasteiger partial charge in [-0.3, -0.25) is 24.2 Å². The molecule has 0 amide bonds. The molecule has 0 saturated carbocycles. The van der Waals surface area contributed by atoms with Gasteiger partial charge in [-0.15, -0.1) is 0 Å². The quantitative estimate of drug-likeness (QED) is 0.348. The maximum Gasteiger partial charge on any atom is 0.303 e. The third-order valence-electron chi connectivity index (χ3n) is 4.94. The fraction of sp³-hybridized carbons (Fsp3) is 0.591. The molecule has 35 heavy (non-hydrogen) atoms. The smallest absolute Gasteiger partial charge is 0.303 e. The average Bonchev–Trinajstić information content (AvgIpc) is 2.75. The standard InChI is InChI=1S/C22H29NO12/c1-10-18(29)16(7-24)15(6-23-10)8-31-22-21(34-14(5)28)20(33-13(4)27)19(32-12(3)26)17(35-22)9-30-11(2)25/h6,17,19-22,24,29H,7-9H2,1-5H3/t17-,19-,20+,21-,22-/m1/s1. The highest BCUT2D eigenvalue weighted by molar-refractivity contribution is 5.68. The molecule has 2 rings (SSSR count). The van der Waals surface area contributed by atoms with Crippen LogP contribution in [0.2, 0.25) is 0 Å². The molecule has 13 nitrogen and oxygen atoms in total. The van der Waals surface area contributed by atoms with Crippen LogP contribution in [0, 0.1) is 6.92 Å². The molecule has 1 aliphatic rings. The van der Waals surface area contributed by atoms with Gasteiger partial charge in [0.15, 0.2) is 24.6 Å². The summed E-state index contributed by atoms with van der Waals surface area (Å²) < 4.78 is 32.6. The van der Waals surface area contributed by atoms with Crippen LogP contribution in [0.4, 0.5) is 0 Å². The van der Waals surface area contributed by atoms with E-state index in [1.165, 1.54) is 6.20 Å². The minimum absolute atomic E-state index is 0.170. The maximum absolute atomic E-state index is 11.9. The number of aromatic nitrogens is 1. The fourth-order valence-corrected chi connectivity index (χ4v) is 3.48. The number of carbonyl (C=O) groups is 4. The van der Waals surface area contributed by atoms with E-state index in [0.717, 1.165) is 27.7 Å². The van der Waals surface area contributed by atoms with Crippen molar-refractivity contribution in [2.24, 2.45) is 0 Å². The van der Waals surface area contributed by atoms with Gasteiger partial charge in [0.1, 0.15) is 18.5 Å². The first kappa shape index (κ1) is 28.0. The van der Waals surface area contributed by atoms with Crippen molar-refractivity contribution in [1.82, 2.24) is 4.98 Å². The number of aryl methyl sites for hydroxylation is 1. The highest BCUT2D eigenvalue weighted by atomic mass is 16.7.